The molecule has 3 heterocycles. The summed E-state index contributed by atoms with van der Waals surface area (Å²) < 4.78 is 0. The van der Waals surface area contributed by atoms with Gasteiger partial charge in [0.15, 0.2) is 5.78 Å². The summed E-state index contributed by atoms with van der Waals surface area (Å²) in [6.45, 7) is 2.21. The smallest absolute Gasteiger partial charge is 0.267 e. The Kier molecular flexibility index (Phi) is 9.85. The standard InChI is InChI=1S/C35H33N5O2S2/c1-2-3-4-5-6-8-22-10-12-24(13-11-22)29-27(21-36)33(38)40-35-30(29)31(37)32(44-35)34(42)39-25-16-14-23(15-17-25)28(41)19-18-26-9-7-20-43-26/h7,9-20H,2-6,8,37H2,1H3,(H2,38,40)(H,39,42)/b19-18+. The molecule has 0 radical (unpaired) electrons. The van der Waals surface area contributed by atoms with Crippen LogP contribution in [0.4, 0.5) is 17.2 Å². The summed E-state index contributed by atoms with van der Waals surface area (Å²) in [5, 5.41) is 15.3. The van der Waals surface area contributed by atoms with Crippen molar-refractivity contribution in [3.8, 4) is 17.2 Å². The van der Waals surface area contributed by atoms with Crippen LogP contribution < -0.4 is 16.8 Å². The molecule has 0 unspecified atom stereocenters. The van der Waals surface area contributed by atoms with Crippen molar-refractivity contribution in [3.63, 3.8) is 0 Å². The van der Waals surface area contributed by atoms with E-state index in [1.165, 1.54) is 37.3 Å². The van der Waals surface area contributed by atoms with Crippen LogP contribution in [0.25, 0.3) is 27.4 Å². The number of benzene rings is 2. The van der Waals surface area contributed by atoms with Crippen LogP contribution in [0.3, 0.4) is 0 Å². The number of nitrogens with two attached hydrogens (primary N) is 2. The van der Waals surface area contributed by atoms with E-state index in [4.69, 9.17) is 11.5 Å². The molecule has 44 heavy (non-hydrogen) atoms. The maximum Gasteiger partial charge on any atom is 0.267 e. The number of hydrogen-bond acceptors (Lipinski definition) is 8. The molecule has 9 heteroatoms. The van der Waals surface area contributed by atoms with Crippen LogP contribution in [0.1, 0.15) is 75.1 Å². The number of pyridine rings is 1. The Labute approximate surface area is 264 Å². The number of unbranched alkanes of at least 4 members (excludes halogenated alkanes) is 4. The van der Waals surface area contributed by atoms with Gasteiger partial charge in [-0.25, -0.2) is 4.98 Å². The van der Waals surface area contributed by atoms with Crippen LogP contribution in [-0.2, 0) is 6.42 Å². The van der Waals surface area contributed by atoms with Gasteiger partial charge in [0.25, 0.3) is 5.91 Å². The number of rotatable bonds is 12. The predicted octanol–water partition coefficient (Wildman–Crippen LogP) is 8.72. The van der Waals surface area contributed by atoms with Gasteiger partial charge in [0.05, 0.1) is 5.69 Å². The maximum absolute atomic E-state index is 13.4. The van der Waals surface area contributed by atoms with Crippen LogP contribution in [0.5, 0.6) is 0 Å². The van der Waals surface area contributed by atoms with E-state index >= 15 is 0 Å². The van der Waals surface area contributed by atoms with E-state index in [0.717, 1.165) is 34.6 Å². The number of hydrogen-bond donors (Lipinski definition) is 3. The monoisotopic (exact) mass is 619 g/mol. The van der Waals surface area contributed by atoms with Crippen LogP contribution in [0.15, 0.2) is 72.1 Å². The number of aryl methyl sites for hydroxylation is 1. The molecule has 0 saturated heterocycles. The van der Waals surface area contributed by atoms with Crippen molar-refractivity contribution in [3.05, 3.63) is 98.6 Å². The molecule has 0 fully saturated rings. The Morgan fingerprint density at radius 1 is 1.00 bits per heavy atom. The molecular formula is C35H33N5O2S2. The van der Waals surface area contributed by atoms with Crippen molar-refractivity contribution in [1.82, 2.24) is 4.98 Å². The van der Waals surface area contributed by atoms with E-state index in [-0.39, 0.29) is 27.7 Å². The normalized spacial score (nSPS) is 11.2. The average Bonchev–Trinajstić information content (AvgIpc) is 3.67. The van der Waals surface area contributed by atoms with Crippen LogP contribution >= 0.6 is 22.7 Å². The Bertz CT molecular complexity index is 1850. The number of allylic oxidation sites excluding steroid dienone is 1. The first-order chi connectivity index (χ1) is 21.4. The first-order valence-electron chi connectivity index (χ1n) is 14.6. The highest BCUT2D eigenvalue weighted by atomic mass is 32.1. The Morgan fingerprint density at radius 3 is 2.43 bits per heavy atom. The molecule has 5 N–H and O–H groups in total. The van der Waals surface area contributed by atoms with E-state index in [2.05, 4.69) is 35.4 Å². The van der Waals surface area contributed by atoms with E-state index in [9.17, 15) is 14.9 Å². The molecule has 5 rings (SSSR count). The van der Waals surface area contributed by atoms with Crippen molar-refractivity contribution in [1.29, 1.82) is 5.26 Å². The third kappa shape index (κ3) is 6.88. The first kappa shape index (κ1) is 30.7. The van der Waals surface area contributed by atoms with Gasteiger partial charge in [-0.1, -0.05) is 62.9 Å². The first-order valence-corrected chi connectivity index (χ1v) is 16.3. The highest BCUT2D eigenvalue weighted by Crippen LogP contribution is 2.43. The molecule has 0 aliphatic carbocycles. The van der Waals surface area contributed by atoms with Gasteiger partial charge in [0.1, 0.15) is 27.2 Å². The average molecular weight is 620 g/mol. The number of ketones is 1. The van der Waals surface area contributed by atoms with Crippen molar-refractivity contribution in [2.75, 3.05) is 16.8 Å². The number of aromatic nitrogens is 1. The predicted molar refractivity (Wildman–Crippen MR) is 183 cm³/mol. The van der Waals surface area contributed by atoms with Crippen molar-refractivity contribution < 1.29 is 9.59 Å². The molecule has 0 saturated carbocycles. The van der Waals surface area contributed by atoms with E-state index in [1.807, 2.05) is 29.6 Å². The van der Waals surface area contributed by atoms with Gasteiger partial charge >= 0.3 is 0 Å². The van der Waals surface area contributed by atoms with Crippen LogP contribution in [0, 0.1) is 11.3 Å². The number of nitrogens with zero attached hydrogens (tertiary/aromatic N) is 2. The third-order valence-corrected chi connectivity index (χ3v) is 9.34. The second-order valence-electron chi connectivity index (χ2n) is 10.5. The number of carbonyl (C=O) groups is 2. The zero-order valence-corrected chi connectivity index (χ0v) is 26.1. The summed E-state index contributed by atoms with van der Waals surface area (Å²) in [6.07, 6.45) is 10.4. The molecule has 0 bridgehead atoms. The fourth-order valence-electron chi connectivity index (χ4n) is 5.06. The lowest BCUT2D eigenvalue weighted by Crippen LogP contribution is -2.12. The van der Waals surface area contributed by atoms with Crippen molar-refractivity contribution >= 4 is 67.8 Å². The lowest BCUT2D eigenvalue weighted by molar-refractivity contribution is 0.102. The van der Waals surface area contributed by atoms with E-state index in [1.54, 1.807) is 41.7 Å². The van der Waals surface area contributed by atoms with E-state index < -0.39 is 5.91 Å². The number of fused-ring (bicyclic) bond motifs is 1. The van der Waals surface area contributed by atoms with Crippen LogP contribution in [0.2, 0.25) is 0 Å². The number of nitriles is 1. The minimum atomic E-state index is -0.413. The highest BCUT2D eigenvalue weighted by Gasteiger charge is 2.24. The second kappa shape index (κ2) is 14.1. The number of thiophene rings is 2. The van der Waals surface area contributed by atoms with Gasteiger partial charge < -0.3 is 16.8 Å². The van der Waals surface area contributed by atoms with Gasteiger partial charge in [0.2, 0.25) is 0 Å². The molecule has 0 spiro atoms. The van der Waals surface area contributed by atoms with Crippen molar-refractivity contribution in [2.24, 2.45) is 0 Å². The van der Waals surface area contributed by atoms with Crippen molar-refractivity contribution in [2.45, 2.75) is 45.4 Å². The van der Waals surface area contributed by atoms with Gasteiger partial charge in [-0.2, -0.15) is 5.26 Å². The molecule has 7 nitrogen and oxygen atoms in total. The number of carbonyl (C=O) groups excluding carboxylic acids is 2. The summed E-state index contributed by atoms with van der Waals surface area (Å²) >= 11 is 2.68. The second-order valence-corrected chi connectivity index (χ2v) is 12.5. The van der Waals surface area contributed by atoms with Crippen LogP contribution in [-0.4, -0.2) is 16.7 Å². The lowest BCUT2D eigenvalue weighted by Gasteiger charge is -2.11. The van der Waals surface area contributed by atoms with Gasteiger partial charge in [0, 0.05) is 27.1 Å². The summed E-state index contributed by atoms with van der Waals surface area (Å²) in [5.41, 5.74) is 16.9. The minimum absolute atomic E-state index is 0.0941. The molecule has 0 aliphatic rings. The highest BCUT2D eigenvalue weighted by molar-refractivity contribution is 7.21. The lowest BCUT2D eigenvalue weighted by atomic mass is 9.95. The molecule has 0 aliphatic heterocycles. The third-order valence-electron chi connectivity index (χ3n) is 7.40. The summed E-state index contributed by atoms with van der Waals surface area (Å²) in [4.78, 5) is 32.1. The molecule has 222 valence electrons. The van der Waals surface area contributed by atoms with Gasteiger partial charge in [-0.05, 0) is 71.8 Å². The summed E-state index contributed by atoms with van der Waals surface area (Å²) in [5.74, 6) is -0.449. The Balaban J connectivity index is 1.37. The maximum atomic E-state index is 13.4. The summed E-state index contributed by atoms with van der Waals surface area (Å²) in [7, 11) is 0. The topological polar surface area (TPSA) is 135 Å². The molecule has 0 atom stereocenters. The number of nitrogen functional groups attached to an aromatic ring is 2. The quantitative estimate of drug-likeness (QED) is 0.0726. The summed E-state index contributed by atoms with van der Waals surface area (Å²) in [6, 6.07) is 20.8. The molecule has 3 aromatic heterocycles. The fourth-order valence-corrected chi connectivity index (χ4v) is 6.68. The number of anilines is 3. The zero-order valence-electron chi connectivity index (χ0n) is 24.4. The zero-order chi connectivity index (χ0) is 31.1. The molecule has 5 aromatic rings. The molecular weight excluding hydrogens is 587 g/mol. The van der Waals surface area contributed by atoms with Gasteiger partial charge in [-0.3, -0.25) is 9.59 Å². The molecule has 2 aromatic carbocycles. The molecule has 1 amide bonds. The minimum Gasteiger partial charge on any atom is -0.397 e. The fraction of sp³-hybridized carbons (Fsp3) is 0.200. The Hall–Kier alpha value is -4.78. The number of nitrogens with one attached hydrogen (secondary N) is 1. The van der Waals surface area contributed by atoms with E-state index in [0.29, 0.717) is 27.0 Å². The Morgan fingerprint density at radius 2 is 1.75 bits per heavy atom. The SMILES string of the molecule is CCCCCCCc1ccc(-c2c(C#N)c(N)nc3sc(C(=O)Nc4ccc(C(=O)/C=C/c5cccs5)cc4)c(N)c23)cc1. The van der Waals surface area contributed by atoms with Gasteiger partial charge in [-0.15, -0.1) is 22.7 Å². The largest absolute Gasteiger partial charge is 0.397 e. The number of amides is 1.